The third-order valence-electron chi connectivity index (χ3n) is 4.76. The molecule has 0 radical (unpaired) electrons. The Morgan fingerprint density at radius 1 is 0.853 bits per heavy atom. The number of carbonyl (C=O) groups is 2. The van der Waals surface area contributed by atoms with Gasteiger partial charge in [-0.2, -0.15) is 0 Å². The standard InChI is InChI=1S/C24H24N2O7S/c1-16(23(27)25-21-6-4-5-7-22(21)32-3)33-24(28)17-8-14-20(15-9-17)34(29,30)26-18-10-12-19(31-2)13-11-18/h4-16,26H,1-3H3,(H,25,27). The van der Waals surface area contributed by atoms with Crippen LogP contribution in [0.2, 0.25) is 0 Å². The van der Waals surface area contributed by atoms with Gasteiger partial charge in [0.1, 0.15) is 11.5 Å². The normalized spacial score (nSPS) is 11.7. The Hall–Kier alpha value is -4.05. The summed E-state index contributed by atoms with van der Waals surface area (Å²) in [5.41, 5.74) is 0.899. The van der Waals surface area contributed by atoms with E-state index in [0.29, 0.717) is 22.9 Å². The second-order valence-electron chi connectivity index (χ2n) is 7.10. The van der Waals surface area contributed by atoms with Gasteiger partial charge in [-0.05, 0) is 67.6 Å². The molecule has 0 heterocycles. The molecular weight excluding hydrogens is 460 g/mol. The van der Waals surface area contributed by atoms with Gasteiger partial charge in [0.2, 0.25) is 0 Å². The zero-order valence-corrected chi connectivity index (χ0v) is 19.6. The van der Waals surface area contributed by atoms with Gasteiger partial charge in [-0.25, -0.2) is 13.2 Å². The molecule has 1 amide bonds. The van der Waals surface area contributed by atoms with Crippen molar-refractivity contribution in [2.45, 2.75) is 17.9 Å². The number of nitrogens with one attached hydrogen (secondary N) is 2. The first kappa shape index (κ1) is 24.6. The number of benzene rings is 3. The number of sulfonamides is 1. The van der Waals surface area contributed by atoms with Crippen LogP contribution in [0.15, 0.2) is 77.7 Å². The summed E-state index contributed by atoms with van der Waals surface area (Å²) in [5.74, 6) is -0.249. The number of ether oxygens (including phenoxy) is 3. The van der Waals surface area contributed by atoms with Crippen molar-refractivity contribution in [2.75, 3.05) is 24.3 Å². The van der Waals surface area contributed by atoms with Crippen molar-refractivity contribution in [2.24, 2.45) is 0 Å². The molecule has 0 aliphatic carbocycles. The highest BCUT2D eigenvalue weighted by atomic mass is 32.2. The lowest BCUT2D eigenvalue weighted by molar-refractivity contribution is -0.123. The molecule has 34 heavy (non-hydrogen) atoms. The van der Waals surface area contributed by atoms with Crippen molar-refractivity contribution in [1.82, 2.24) is 0 Å². The van der Waals surface area contributed by atoms with Crippen molar-refractivity contribution >= 4 is 33.3 Å². The zero-order valence-electron chi connectivity index (χ0n) is 18.8. The molecule has 0 aromatic heterocycles. The van der Waals surface area contributed by atoms with Gasteiger partial charge in [-0.15, -0.1) is 0 Å². The van der Waals surface area contributed by atoms with Gasteiger partial charge in [-0.1, -0.05) is 12.1 Å². The minimum atomic E-state index is -3.87. The molecule has 3 rings (SSSR count). The minimum absolute atomic E-state index is 0.0400. The molecule has 3 aromatic rings. The lowest BCUT2D eigenvalue weighted by Gasteiger charge is -2.15. The highest BCUT2D eigenvalue weighted by Crippen LogP contribution is 2.23. The number of esters is 1. The van der Waals surface area contributed by atoms with E-state index in [1.807, 2.05) is 0 Å². The van der Waals surface area contributed by atoms with E-state index in [4.69, 9.17) is 14.2 Å². The summed E-state index contributed by atoms with van der Waals surface area (Å²) < 4.78 is 43.1. The molecule has 1 unspecified atom stereocenters. The molecule has 0 aliphatic heterocycles. The molecule has 1 atom stereocenters. The molecule has 0 bridgehead atoms. The average molecular weight is 485 g/mol. The lowest BCUT2D eigenvalue weighted by atomic mass is 10.2. The summed E-state index contributed by atoms with van der Waals surface area (Å²) in [6, 6.07) is 18.4. The molecule has 9 nitrogen and oxygen atoms in total. The van der Waals surface area contributed by atoms with E-state index in [9.17, 15) is 18.0 Å². The van der Waals surface area contributed by atoms with Crippen molar-refractivity contribution in [3.8, 4) is 11.5 Å². The monoisotopic (exact) mass is 484 g/mol. The fourth-order valence-corrected chi connectivity index (χ4v) is 3.97. The molecular formula is C24H24N2O7S. The molecule has 178 valence electrons. The summed E-state index contributed by atoms with van der Waals surface area (Å²) in [7, 11) is -0.882. The number of carbonyl (C=O) groups excluding carboxylic acids is 2. The van der Waals surface area contributed by atoms with E-state index in [1.165, 1.54) is 45.4 Å². The first-order chi connectivity index (χ1) is 16.2. The number of hydrogen-bond acceptors (Lipinski definition) is 7. The Labute approximate surface area is 197 Å². The van der Waals surface area contributed by atoms with Gasteiger partial charge in [0, 0.05) is 5.69 Å². The molecule has 10 heteroatoms. The maximum absolute atomic E-state index is 12.6. The van der Waals surface area contributed by atoms with E-state index in [1.54, 1.807) is 48.5 Å². The van der Waals surface area contributed by atoms with Crippen LogP contribution in [0, 0.1) is 0 Å². The van der Waals surface area contributed by atoms with Crippen LogP contribution in [0.1, 0.15) is 17.3 Å². The van der Waals surface area contributed by atoms with Crippen LogP contribution in [0.25, 0.3) is 0 Å². The van der Waals surface area contributed by atoms with E-state index in [-0.39, 0.29) is 10.5 Å². The van der Waals surface area contributed by atoms with Gasteiger partial charge >= 0.3 is 5.97 Å². The van der Waals surface area contributed by atoms with Gasteiger partial charge in [0.25, 0.3) is 15.9 Å². The Bertz CT molecular complexity index is 1260. The molecule has 0 saturated carbocycles. The van der Waals surface area contributed by atoms with Crippen LogP contribution in [-0.4, -0.2) is 40.6 Å². The molecule has 0 fully saturated rings. The van der Waals surface area contributed by atoms with Crippen LogP contribution < -0.4 is 19.5 Å². The second-order valence-corrected chi connectivity index (χ2v) is 8.78. The van der Waals surface area contributed by atoms with E-state index in [0.717, 1.165) is 0 Å². The Morgan fingerprint density at radius 3 is 2.12 bits per heavy atom. The number of anilines is 2. The number of rotatable bonds is 9. The first-order valence-corrected chi connectivity index (χ1v) is 11.6. The fourth-order valence-electron chi connectivity index (χ4n) is 2.91. The molecule has 3 aromatic carbocycles. The fraction of sp³-hybridized carbons (Fsp3) is 0.167. The van der Waals surface area contributed by atoms with Gasteiger partial charge in [0.15, 0.2) is 6.10 Å². The van der Waals surface area contributed by atoms with E-state index in [2.05, 4.69) is 10.0 Å². The summed E-state index contributed by atoms with van der Waals surface area (Å²) in [4.78, 5) is 24.8. The Kier molecular flexibility index (Phi) is 7.75. The first-order valence-electron chi connectivity index (χ1n) is 10.2. The van der Waals surface area contributed by atoms with Crippen LogP contribution in [0.5, 0.6) is 11.5 Å². The summed E-state index contributed by atoms with van der Waals surface area (Å²) >= 11 is 0. The lowest BCUT2D eigenvalue weighted by Crippen LogP contribution is -2.30. The third kappa shape index (κ3) is 6.04. The average Bonchev–Trinajstić information content (AvgIpc) is 2.84. The molecule has 0 saturated heterocycles. The third-order valence-corrected chi connectivity index (χ3v) is 6.16. The largest absolute Gasteiger partial charge is 0.497 e. The minimum Gasteiger partial charge on any atom is -0.497 e. The highest BCUT2D eigenvalue weighted by molar-refractivity contribution is 7.92. The predicted molar refractivity (Wildman–Crippen MR) is 127 cm³/mol. The van der Waals surface area contributed by atoms with Gasteiger partial charge < -0.3 is 19.5 Å². The summed E-state index contributed by atoms with van der Waals surface area (Å²) in [6.45, 7) is 1.43. The number of hydrogen-bond donors (Lipinski definition) is 2. The van der Waals surface area contributed by atoms with Gasteiger partial charge in [-0.3, -0.25) is 9.52 Å². The quantitative estimate of drug-likeness (QED) is 0.445. The SMILES string of the molecule is COc1ccc(NS(=O)(=O)c2ccc(C(=O)OC(C)C(=O)Nc3ccccc3OC)cc2)cc1. The second kappa shape index (κ2) is 10.7. The maximum atomic E-state index is 12.6. The zero-order chi connectivity index (χ0) is 24.7. The smallest absolute Gasteiger partial charge is 0.338 e. The van der Waals surface area contributed by atoms with Crippen LogP contribution in [-0.2, 0) is 19.6 Å². The topological polar surface area (TPSA) is 120 Å². The Balaban J connectivity index is 1.63. The Morgan fingerprint density at radius 2 is 1.50 bits per heavy atom. The highest BCUT2D eigenvalue weighted by Gasteiger charge is 2.21. The van der Waals surface area contributed by atoms with Gasteiger partial charge in [0.05, 0.1) is 30.4 Å². The summed E-state index contributed by atoms with van der Waals surface area (Å²) in [5, 5.41) is 2.64. The van der Waals surface area contributed by atoms with Crippen molar-refractivity contribution < 1.29 is 32.2 Å². The predicted octanol–water partition coefficient (Wildman–Crippen LogP) is 3.69. The van der Waals surface area contributed by atoms with Crippen LogP contribution >= 0.6 is 0 Å². The molecule has 0 spiro atoms. The molecule has 2 N–H and O–H groups in total. The van der Waals surface area contributed by atoms with E-state index >= 15 is 0 Å². The van der Waals surface area contributed by atoms with E-state index < -0.39 is 28.0 Å². The number of para-hydroxylation sites is 2. The maximum Gasteiger partial charge on any atom is 0.338 e. The van der Waals surface area contributed by atoms with Crippen molar-refractivity contribution in [3.63, 3.8) is 0 Å². The van der Waals surface area contributed by atoms with Crippen molar-refractivity contribution in [1.29, 1.82) is 0 Å². The summed E-state index contributed by atoms with van der Waals surface area (Å²) in [6.07, 6.45) is -1.10. The number of amides is 1. The van der Waals surface area contributed by atoms with Crippen LogP contribution in [0.3, 0.4) is 0 Å². The molecule has 0 aliphatic rings. The van der Waals surface area contributed by atoms with Crippen LogP contribution in [0.4, 0.5) is 11.4 Å². The number of methoxy groups -OCH3 is 2. The van der Waals surface area contributed by atoms with Crippen molar-refractivity contribution in [3.05, 3.63) is 78.4 Å².